The Morgan fingerprint density at radius 1 is 0.941 bits per heavy atom. The zero-order chi connectivity index (χ0) is 22.9. The van der Waals surface area contributed by atoms with Crippen LogP contribution in [0.2, 0.25) is 0 Å². The molecule has 0 atom stereocenters. The molecule has 0 aliphatic carbocycles. The molecule has 6 rings (SSSR count). The number of pyridine rings is 1. The number of aromatic nitrogens is 5. The van der Waals surface area contributed by atoms with Gasteiger partial charge in [0.25, 0.3) is 0 Å². The molecule has 1 saturated heterocycles. The maximum atomic E-state index is 5.47. The highest BCUT2D eigenvalue weighted by Crippen LogP contribution is 2.27. The zero-order valence-corrected chi connectivity index (χ0v) is 19.4. The van der Waals surface area contributed by atoms with E-state index in [1.54, 1.807) is 6.33 Å². The largest absolute Gasteiger partial charge is 0.379 e. The SMILES string of the molecule is S=c1[nH]ncn1-c1cccc(-c2cnc3cc(-c4cccc(CN5CCOCC5)c4)ccn23)c1. The molecule has 1 N–H and O–H groups in total. The van der Waals surface area contributed by atoms with Crippen molar-refractivity contribution < 1.29 is 4.74 Å². The van der Waals surface area contributed by atoms with E-state index in [0.29, 0.717) is 4.77 Å². The van der Waals surface area contributed by atoms with E-state index in [-0.39, 0.29) is 0 Å². The molecular formula is C26H24N6OS. The van der Waals surface area contributed by atoms with Crippen molar-refractivity contribution in [2.45, 2.75) is 6.54 Å². The van der Waals surface area contributed by atoms with Gasteiger partial charge in [-0.2, -0.15) is 5.10 Å². The smallest absolute Gasteiger partial charge is 0.199 e. The van der Waals surface area contributed by atoms with Gasteiger partial charge in [0.15, 0.2) is 4.77 Å². The Labute approximate surface area is 202 Å². The van der Waals surface area contributed by atoms with Crippen LogP contribution in [0.3, 0.4) is 0 Å². The molecule has 0 spiro atoms. The van der Waals surface area contributed by atoms with Crippen molar-refractivity contribution in [3.8, 4) is 28.1 Å². The molecule has 0 bridgehead atoms. The molecule has 2 aromatic carbocycles. The fraction of sp³-hybridized carbons (Fsp3) is 0.192. The van der Waals surface area contributed by atoms with Crippen molar-refractivity contribution in [3.63, 3.8) is 0 Å². The number of morpholine rings is 1. The van der Waals surface area contributed by atoms with Gasteiger partial charge in [0.05, 0.1) is 30.8 Å². The quantitative estimate of drug-likeness (QED) is 0.378. The number of H-pyrrole nitrogens is 1. The number of hydrogen-bond donors (Lipinski definition) is 1. The third kappa shape index (κ3) is 4.07. The lowest BCUT2D eigenvalue weighted by molar-refractivity contribution is 0.0342. The Morgan fingerprint density at radius 2 is 1.76 bits per heavy atom. The number of nitrogens with zero attached hydrogens (tertiary/aromatic N) is 5. The van der Waals surface area contributed by atoms with Crippen LogP contribution in [0, 0.1) is 4.77 Å². The van der Waals surface area contributed by atoms with Crippen LogP contribution in [0.25, 0.3) is 33.7 Å². The molecule has 1 aliphatic heterocycles. The summed E-state index contributed by atoms with van der Waals surface area (Å²) >= 11 is 5.32. The predicted octanol–water partition coefficient (Wildman–Crippen LogP) is 4.74. The summed E-state index contributed by atoms with van der Waals surface area (Å²) in [6, 6.07) is 21.3. The van der Waals surface area contributed by atoms with Crippen LogP contribution in [-0.2, 0) is 11.3 Å². The number of fused-ring (bicyclic) bond motifs is 1. The Balaban J connectivity index is 1.30. The van der Waals surface area contributed by atoms with Crippen molar-refractivity contribution in [1.29, 1.82) is 0 Å². The Bertz CT molecular complexity index is 1510. The number of rotatable bonds is 5. The minimum absolute atomic E-state index is 0.566. The molecule has 5 aromatic rings. The summed E-state index contributed by atoms with van der Waals surface area (Å²) in [5.41, 5.74) is 7.64. The van der Waals surface area contributed by atoms with E-state index in [1.165, 1.54) is 11.1 Å². The first-order valence-corrected chi connectivity index (χ1v) is 11.7. The van der Waals surface area contributed by atoms with Gasteiger partial charge in [-0.3, -0.25) is 19.0 Å². The highest BCUT2D eigenvalue weighted by atomic mass is 32.1. The molecule has 0 amide bonds. The second kappa shape index (κ2) is 8.98. The van der Waals surface area contributed by atoms with Crippen LogP contribution >= 0.6 is 12.2 Å². The molecule has 170 valence electrons. The fourth-order valence-corrected chi connectivity index (χ4v) is 4.69. The summed E-state index contributed by atoms with van der Waals surface area (Å²) in [5.74, 6) is 0. The van der Waals surface area contributed by atoms with E-state index in [1.807, 2.05) is 22.9 Å². The number of imidazole rings is 1. The summed E-state index contributed by atoms with van der Waals surface area (Å²) in [4.78, 5) is 7.14. The molecular weight excluding hydrogens is 444 g/mol. The molecule has 34 heavy (non-hydrogen) atoms. The number of benzene rings is 2. The molecule has 1 fully saturated rings. The molecule has 7 nitrogen and oxygen atoms in total. The van der Waals surface area contributed by atoms with E-state index < -0.39 is 0 Å². The molecule has 0 saturated carbocycles. The van der Waals surface area contributed by atoms with Crippen molar-refractivity contribution in [1.82, 2.24) is 29.0 Å². The van der Waals surface area contributed by atoms with E-state index in [4.69, 9.17) is 21.9 Å². The van der Waals surface area contributed by atoms with E-state index in [0.717, 1.165) is 61.0 Å². The van der Waals surface area contributed by atoms with Crippen molar-refractivity contribution in [2.75, 3.05) is 26.3 Å². The van der Waals surface area contributed by atoms with E-state index in [9.17, 15) is 0 Å². The third-order valence-electron chi connectivity index (χ3n) is 6.26. The molecule has 0 unspecified atom stereocenters. The van der Waals surface area contributed by atoms with Gasteiger partial charge >= 0.3 is 0 Å². The third-order valence-corrected chi connectivity index (χ3v) is 6.54. The number of nitrogens with one attached hydrogen (secondary N) is 1. The van der Waals surface area contributed by atoms with Gasteiger partial charge < -0.3 is 4.74 Å². The summed E-state index contributed by atoms with van der Waals surface area (Å²) < 4.78 is 10.0. The van der Waals surface area contributed by atoms with Crippen molar-refractivity contribution >= 4 is 17.9 Å². The van der Waals surface area contributed by atoms with E-state index in [2.05, 4.69) is 74.2 Å². The van der Waals surface area contributed by atoms with Gasteiger partial charge in [0, 0.05) is 31.4 Å². The van der Waals surface area contributed by atoms with Gasteiger partial charge in [-0.05, 0) is 59.2 Å². The maximum Gasteiger partial charge on any atom is 0.199 e. The molecule has 4 heterocycles. The van der Waals surface area contributed by atoms with Crippen LogP contribution < -0.4 is 0 Å². The molecule has 1 aliphatic rings. The minimum Gasteiger partial charge on any atom is -0.379 e. The van der Waals surface area contributed by atoms with Crippen LogP contribution in [0.15, 0.2) is 79.4 Å². The van der Waals surface area contributed by atoms with Gasteiger partial charge in [-0.25, -0.2) is 4.98 Å². The van der Waals surface area contributed by atoms with E-state index >= 15 is 0 Å². The molecule has 3 aromatic heterocycles. The highest BCUT2D eigenvalue weighted by Gasteiger charge is 2.12. The first-order valence-electron chi connectivity index (χ1n) is 11.3. The lowest BCUT2D eigenvalue weighted by atomic mass is 10.0. The monoisotopic (exact) mass is 468 g/mol. The fourth-order valence-electron chi connectivity index (χ4n) is 4.49. The van der Waals surface area contributed by atoms with Gasteiger partial charge in [-0.1, -0.05) is 30.3 Å². The lowest BCUT2D eigenvalue weighted by Gasteiger charge is -2.26. The Kier molecular flexibility index (Phi) is 5.54. The second-order valence-corrected chi connectivity index (χ2v) is 8.84. The maximum absolute atomic E-state index is 5.47. The normalized spacial score (nSPS) is 14.6. The number of hydrogen-bond acceptors (Lipinski definition) is 5. The Morgan fingerprint density at radius 3 is 2.62 bits per heavy atom. The summed E-state index contributed by atoms with van der Waals surface area (Å²) in [5, 5.41) is 6.83. The first kappa shape index (κ1) is 21.0. The van der Waals surface area contributed by atoms with Crippen LogP contribution in [0.1, 0.15) is 5.56 Å². The van der Waals surface area contributed by atoms with Crippen molar-refractivity contribution in [3.05, 3.63) is 89.7 Å². The first-order chi connectivity index (χ1) is 16.7. The van der Waals surface area contributed by atoms with Gasteiger partial charge in [0.2, 0.25) is 0 Å². The summed E-state index contributed by atoms with van der Waals surface area (Å²) in [6.45, 7) is 4.56. The zero-order valence-electron chi connectivity index (χ0n) is 18.6. The second-order valence-electron chi connectivity index (χ2n) is 8.46. The van der Waals surface area contributed by atoms with Crippen LogP contribution in [-0.4, -0.2) is 55.4 Å². The topological polar surface area (TPSA) is 63.4 Å². The summed E-state index contributed by atoms with van der Waals surface area (Å²) in [6.07, 6.45) is 5.70. The van der Waals surface area contributed by atoms with Crippen LogP contribution in [0.4, 0.5) is 0 Å². The lowest BCUT2D eigenvalue weighted by Crippen LogP contribution is -2.35. The van der Waals surface area contributed by atoms with Gasteiger partial charge in [-0.15, -0.1) is 0 Å². The van der Waals surface area contributed by atoms with Crippen molar-refractivity contribution in [2.24, 2.45) is 0 Å². The van der Waals surface area contributed by atoms with Gasteiger partial charge in [0.1, 0.15) is 12.0 Å². The summed E-state index contributed by atoms with van der Waals surface area (Å²) in [7, 11) is 0. The molecule has 0 radical (unpaired) electrons. The predicted molar refractivity (Wildman–Crippen MR) is 134 cm³/mol. The average Bonchev–Trinajstić information content (AvgIpc) is 3.50. The molecule has 8 heteroatoms. The number of ether oxygens (including phenoxy) is 1. The Hall–Kier alpha value is -3.59. The standard InChI is InChI=1S/C26H24N6OS/c34-26-29-28-18-32(26)23-6-2-5-22(14-23)24-16-27-25-15-21(7-8-31(24)25)20-4-1-3-19(13-20)17-30-9-11-33-12-10-30/h1-8,13-16,18H,9-12,17H2,(H,29,34). The highest BCUT2D eigenvalue weighted by molar-refractivity contribution is 7.71. The minimum atomic E-state index is 0.566. The van der Waals surface area contributed by atoms with Crippen LogP contribution in [0.5, 0.6) is 0 Å². The number of aromatic amines is 1. The average molecular weight is 469 g/mol.